The van der Waals surface area contributed by atoms with E-state index in [4.69, 9.17) is 4.74 Å². The number of hydrogen-bond donors (Lipinski definition) is 0. The summed E-state index contributed by atoms with van der Waals surface area (Å²) in [5.74, 6) is -0.260. The van der Waals surface area contributed by atoms with Crippen molar-refractivity contribution in [1.82, 2.24) is 4.90 Å². The third-order valence-electron chi connectivity index (χ3n) is 5.07. The number of nitro groups is 1. The van der Waals surface area contributed by atoms with Gasteiger partial charge in [0.25, 0.3) is 5.69 Å². The van der Waals surface area contributed by atoms with Crippen LogP contribution in [0.5, 0.6) is 5.75 Å². The summed E-state index contributed by atoms with van der Waals surface area (Å²) in [7, 11) is -2.58. The minimum Gasteiger partial charge on any atom is -0.495 e. The smallest absolute Gasteiger partial charge is 0.271 e. The summed E-state index contributed by atoms with van der Waals surface area (Å²) in [5.41, 5.74) is 0.720. The van der Waals surface area contributed by atoms with Crippen molar-refractivity contribution in [2.24, 2.45) is 0 Å². The fourth-order valence-corrected chi connectivity index (χ4v) is 4.29. The summed E-state index contributed by atoms with van der Waals surface area (Å²) >= 11 is 0. The standard InChI is InChI=1S/C20H24N4O6S/c1-30-19-9-8-17(24(26)27)14-18(19)23(31(2,28)29)15-20(25)22-12-10-21(11-13-22)16-6-4-3-5-7-16/h3-9,14H,10-13,15H2,1-2H3. The van der Waals surface area contributed by atoms with Crippen LogP contribution >= 0.6 is 0 Å². The molecule has 10 nitrogen and oxygen atoms in total. The summed E-state index contributed by atoms with van der Waals surface area (Å²) in [6.07, 6.45) is 0.950. The molecule has 1 amide bonds. The van der Waals surface area contributed by atoms with Crippen LogP contribution in [-0.4, -0.2) is 70.2 Å². The average molecular weight is 449 g/mol. The summed E-state index contributed by atoms with van der Waals surface area (Å²) in [6.45, 7) is 1.65. The second kappa shape index (κ2) is 9.21. The van der Waals surface area contributed by atoms with Crippen molar-refractivity contribution in [3.05, 3.63) is 58.6 Å². The van der Waals surface area contributed by atoms with E-state index in [2.05, 4.69) is 4.90 Å². The zero-order chi connectivity index (χ0) is 22.6. The molecule has 31 heavy (non-hydrogen) atoms. The van der Waals surface area contributed by atoms with Gasteiger partial charge in [-0.05, 0) is 18.2 Å². The maximum absolute atomic E-state index is 12.9. The van der Waals surface area contributed by atoms with Crippen LogP contribution in [0.1, 0.15) is 0 Å². The quantitative estimate of drug-likeness (QED) is 0.468. The summed E-state index contributed by atoms with van der Waals surface area (Å²) in [4.78, 5) is 27.2. The lowest BCUT2D eigenvalue weighted by atomic mass is 10.2. The number of piperazine rings is 1. The summed E-state index contributed by atoms with van der Waals surface area (Å²) < 4.78 is 31.0. The van der Waals surface area contributed by atoms with E-state index in [-0.39, 0.29) is 23.0 Å². The van der Waals surface area contributed by atoms with Crippen molar-refractivity contribution in [2.45, 2.75) is 0 Å². The molecule has 0 bridgehead atoms. The van der Waals surface area contributed by atoms with Crippen LogP contribution < -0.4 is 13.9 Å². The monoisotopic (exact) mass is 448 g/mol. The Balaban J connectivity index is 1.78. The van der Waals surface area contributed by atoms with Gasteiger partial charge in [-0.25, -0.2) is 8.42 Å². The molecule has 0 radical (unpaired) electrons. The zero-order valence-electron chi connectivity index (χ0n) is 17.3. The van der Waals surface area contributed by atoms with Crippen LogP contribution in [0, 0.1) is 10.1 Å². The minimum absolute atomic E-state index is 0.0459. The number of carbonyl (C=O) groups excluding carboxylic acids is 1. The number of hydrogen-bond acceptors (Lipinski definition) is 7. The van der Waals surface area contributed by atoms with Crippen molar-refractivity contribution in [3.63, 3.8) is 0 Å². The van der Waals surface area contributed by atoms with Gasteiger partial charge in [-0.1, -0.05) is 18.2 Å². The van der Waals surface area contributed by atoms with Gasteiger partial charge in [0.2, 0.25) is 15.9 Å². The van der Waals surface area contributed by atoms with Gasteiger partial charge in [0, 0.05) is 44.0 Å². The minimum atomic E-state index is -3.91. The topological polar surface area (TPSA) is 113 Å². The Morgan fingerprint density at radius 2 is 1.77 bits per heavy atom. The first-order chi connectivity index (χ1) is 14.7. The molecule has 1 fully saturated rings. The van der Waals surface area contributed by atoms with E-state index in [1.54, 1.807) is 4.90 Å². The largest absolute Gasteiger partial charge is 0.495 e. The Labute approximate surface area is 180 Å². The molecule has 0 aliphatic carbocycles. The molecule has 3 rings (SSSR count). The van der Waals surface area contributed by atoms with Gasteiger partial charge in [0.05, 0.1) is 18.3 Å². The molecule has 11 heteroatoms. The molecule has 0 aromatic heterocycles. The van der Waals surface area contributed by atoms with Gasteiger partial charge in [0.1, 0.15) is 18.0 Å². The molecule has 2 aromatic carbocycles. The first-order valence-electron chi connectivity index (χ1n) is 9.58. The number of rotatable bonds is 7. The first-order valence-corrected chi connectivity index (χ1v) is 11.4. The van der Waals surface area contributed by atoms with E-state index < -0.39 is 21.5 Å². The highest BCUT2D eigenvalue weighted by molar-refractivity contribution is 7.92. The van der Waals surface area contributed by atoms with Gasteiger partial charge in [0.15, 0.2) is 0 Å². The van der Waals surface area contributed by atoms with Crippen LogP contribution in [0.3, 0.4) is 0 Å². The summed E-state index contributed by atoms with van der Waals surface area (Å²) in [5, 5.41) is 11.2. The molecule has 2 aromatic rings. The van der Waals surface area contributed by atoms with E-state index in [0.29, 0.717) is 26.2 Å². The number of carbonyl (C=O) groups is 1. The SMILES string of the molecule is COc1ccc([N+](=O)[O-])cc1N(CC(=O)N1CCN(c2ccccc2)CC1)S(C)(=O)=O. The van der Waals surface area contributed by atoms with Gasteiger partial charge in [-0.15, -0.1) is 0 Å². The number of ether oxygens (including phenoxy) is 1. The molecule has 1 saturated heterocycles. The number of para-hydroxylation sites is 1. The van der Waals surface area contributed by atoms with Crippen molar-refractivity contribution < 1.29 is 22.9 Å². The van der Waals surface area contributed by atoms with E-state index >= 15 is 0 Å². The highest BCUT2D eigenvalue weighted by atomic mass is 32.2. The van der Waals surface area contributed by atoms with Crippen molar-refractivity contribution in [1.29, 1.82) is 0 Å². The highest BCUT2D eigenvalue weighted by Crippen LogP contribution is 2.33. The number of anilines is 2. The van der Waals surface area contributed by atoms with Gasteiger partial charge < -0.3 is 14.5 Å². The van der Waals surface area contributed by atoms with Crippen LogP contribution in [0.4, 0.5) is 17.1 Å². The Bertz CT molecular complexity index is 1050. The predicted molar refractivity (Wildman–Crippen MR) is 117 cm³/mol. The lowest BCUT2D eigenvalue weighted by molar-refractivity contribution is -0.384. The summed E-state index contributed by atoms with van der Waals surface area (Å²) in [6, 6.07) is 13.5. The van der Waals surface area contributed by atoms with Crippen LogP contribution in [0.15, 0.2) is 48.5 Å². The zero-order valence-corrected chi connectivity index (χ0v) is 18.1. The Morgan fingerprint density at radius 1 is 1.13 bits per heavy atom. The maximum Gasteiger partial charge on any atom is 0.271 e. The molecule has 0 atom stereocenters. The number of methoxy groups -OCH3 is 1. The lowest BCUT2D eigenvalue weighted by Gasteiger charge is -2.37. The first kappa shape index (κ1) is 22.3. The number of nitrogens with zero attached hydrogens (tertiary/aromatic N) is 4. The fraction of sp³-hybridized carbons (Fsp3) is 0.350. The predicted octanol–water partition coefficient (Wildman–Crippen LogP) is 1.72. The molecule has 166 valence electrons. The van der Waals surface area contributed by atoms with E-state index in [1.165, 1.54) is 19.2 Å². The number of benzene rings is 2. The van der Waals surface area contributed by atoms with Crippen molar-refractivity contribution in [2.75, 3.05) is 55.3 Å². The number of nitro benzene ring substituents is 1. The van der Waals surface area contributed by atoms with Crippen molar-refractivity contribution >= 4 is 33.0 Å². The third kappa shape index (κ3) is 5.23. The van der Waals surface area contributed by atoms with E-state index in [1.807, 2.05) is 30.3 Å². The number of sulfonamides is 1. The molecule has 0 spiro atoms. The highest BCUT2D eigenvalue weighted by Gasteiger charge is 2.29. The molecular weight excluding hydrogens is 424 g/mol. The van der Waals surface area contributed by atoms with Crippen molar-refractivity contribution in [3.8, 4) is 5.75 Å². The Hall–Kier alpha value is -3.34. The maximum atomic E-state index is 12.9. The molecule has 0 N–H and O–H groups in total. The number of non-ortho nitro benzene ring substituents is 1. The normalized spacial score (nSPS) is 14.3. The van der Waals surface area contributed by atoms with Crippen LogP contribution in [0.2, 0.25) is 0 Å². The lowest BCUT2D eigenvalue weighted by Crippen LogP contribution is -2.52. The van der Waals surface area contributed by atoms with Gasteiger partial charge in [-0.2, -0.15) is 0 Å². The molecule has 0 unspecified atom stereocenters. The second-order valence-electron chi connectivity index (χ2n) is 7.09. The molecule has 1 aliphatic heterocycles. The molecular formula is C20H24N4O6S. The molecule has 0 saturated carbocycles. The molecule has 1 heterocycles. The van der Waals surface area contributed by atoms with Gasteiger partial charge in [-0.3, -0.25) is 19.2 Å². The average Bonchev–Trinajstić information content (AvgIpc) is 2.76. The van der Waals surface area contributed by atoms with E-state index in [0.717, 1.165) is 22.3 Å². The molecule has 1 aliphatic rings. The fourth-order valence-electron chi connectivity index (χ4n) is 3.44. The van der Waals surface area contributed by atoms with Crippen LogP contribution in [-0.2, 0) is 14.8 Å². The third-order valence-corrected chi connectivity index (χ3v) is 6.20. The van der Waals surface area contributed by atoms with Gasteiger partial charge >= 0.3 is 0 Å². The Kier molecular flexibility index (Phi) is 6.64. The van der Waals surface area contributed by atoms with E-state index in [9.17, 15) is 23.3 Å². The van der Waals surface area contributed by atoms with Crippen LogP contribution in [0.25, 0.3) is 0 Å². The number of amides is 1. The Morgan fingerprint density at radius 3 is 2.32 bits per heavy atom. The second-order valence-corrected chi connectivity index (χ2v) is 8.99.